The number of likely N-dealkylation sites (tertiary alicyclic amines) is 2. The Balaban J connectivity index is 1.10. The molecule has 3 aliphatic rings. The van der Waals surface area contributed by atoms with Gasteiger partial charge in [0, 0.05) is 56.1 Å². The Labute approximate surface area is 286 Å². The molecule has 0 aliphatic carbocycles. The van der Waals surface area contributed by atoms with Crippen LogP contribution in [0.15, 0.2) is 59.6 Å². The van der Waals surface area contributed by atoms with Gasteiger partial charge in [0.05, 0.1) is 18.0 Å². The number of hydrogen-bond acceptors (Lipinski definition) is 9. The molecular weight excluding hydrogens is 625 g/mol. The van der Waals surface area contributed by atoms with Crippen molar-refractivity contribution in [2.75, 3.05) is 53.0 Å². The predicted octanol–water partition coefficient (Wildman–Crippen LogP) is 4.68. The van der Waals surface area contributed by atoms with Gasteiger partial charge in [0.15, 0.2) is 0 Å². The molecule has 0 radical (unpaired) electrons. The molecule has 1 aromatic heterocycles. The zero-order valence-electron chi connectivity index (χ0n) is 28.8. The standard InChI is InChI=1S/C37H52N6O4S/c1-28-23-34(46-3)24-29(2)35(28)48(44,45)43-20-8-7-13-32(43)27-47-36-39-17-14-31(40-36)25-33(26-38)41-21-15-37(16-22-41,42-18-9-10-19-42)30-11-5-4-6-12-30/h4-6,11-12,14,17,23-24,32-33H,7-10,13,15-16,18-22,25-27,38H2,1-3H3. The molecule has 2 atom stereocenters. The van der Waals surface area contributed by atoms with Crippen LogP contribution in [0, 0.1) is 13.8 Å². The molecule has 6 rings (SSSR count). The number of methoxy groups -OCH3 is 1. The maximum atomic E-state index is 14.0. The molecular formula is C37H52N6O4S. The molecule has 0 saturated carbocycles. The molecule has 4 heterocycles. The molecule has 260 valence electrons. The van der Waals surface area contributed by atoms with E-state index in [9.17, 15) is 8.42 Å². The van der Waals surface area contributed by atoms with E-state index in [1.54, 1.807) is 29.7 Å². The van der Waals surface area contributed by atoms with Crippen molar-refractivity contribution in [2.45, 2.75) is 87.7 Å². The first-order chi connectivity index (χ1) is 23.2. The van der Waals surface area contributed by atoms with E-state index in [-0.39, 0.29) is 30.2 Å². The SMILES string of the molecule is COc1cc(C)c(S(=O)(=O)N2CCCCC2COc2nccc(CC(CN)N3CCC(c4ccccc4)(N4CCCC4)CC3)n2)c(C)c1. The fourth-order valence-electron chi connectivity index (χ4n) is 8.28. The minimum Gasteiger partial charge on any atom is -0.497 e. The normalized spacial score (nSPS) is 21.6. The van der Waals surface area contributed by atoms with Gasteiger partial charge in [0.25, 0.3) is 0 Å². The molecule has 2 N–H and O–H groups in total. The largest absolute Gasteiger partial charge is 0.497 e. The van der Waals surface area contributed by atoms with E-state index >= 15 is 0 Å². The molecule has 3 aliphatic heterocycles. The van der Waals surface area contributed by atoms with Gasteiger partial charge in [-0.3, -0.25) is 9.80 Å². The van der Waals surface area contributed by atoms with Crippen molar-refractivity contribution in [3.05, 3.63) is 77.1 Å². The number of aromatic nitrogens is 2. The lowest BCUT2D eigenvalue weighted by molar-refractivity contribution is 0.0196. The summed E-state index contributed by atoms with van der Waals surface area (Å²) in [6.45, 7) is 9.16. The van der Waals surface area contributed by atoms with Crippen molar-refractivity contribution >= 4 is 10.0 Å². The van der Waals surface area contributed by atoms with E-state index in [2.05, 4.69) is 45.1 Å². The summed E-state index contributed by atoms with van der Waals surface area (Å²) in [5, 5.41) is 0. The highest BCUT2D eigenvalue weighted by Crippen LogP contribution is 2.41. The minimum absolute atomic E-state index is 0.0919. The van der Waals surface area contributed by atoms with Crippen LogP contribution in [0.5, 0.6) is 11.8 Å². The molecule has 2 aromatic carbocycles. The monoisotopic (exact) mass is 676 g/mol. The number of piperidine rings is 2. The van der Waals surface area contributed by atoms with Gasteiger partial charge >= 0.3 is 6.01 Å². The number of rotatable bonds is 12. The Kier molecular flexibility index (Phi) is 11.0. The summed E-state index contributed by atoms with van der Waals surface area (Å²) in [6.07, 6.45) is 9.64. The summed E-state index contributed by atoms with van der Waals surface area (Å²) in [4.78, 5) is 14.8. The summed E-state index contributed by atoms with van der Waals surface area (Å²) >= 11 is 0. The lowest BCUT2D eigenvalue weighted by Gasteiger charge is -2.49. The van der Waals surface area contributed by atoms with Crippen LogP contribution in [0.4, 0.5) is 0 Å². The van der Waals surface area contributed by atoms with Crippen LogP contribution in [0.2, 0.25) is 0 Å². The second-order valence-electron chi connectivity index (χ2n) is 13.7. The molecule has 0 amide bonds. The maximum Gasteiger partial charge on any atom is 0.316 e. The zero-order valence-corrected chi connectivity index (χ0v) is 29.6. The van der Waals surface area contributed by atoms with Gasteiger partial charge in [-0.05, 0) is 100 Å². The van der Waals surface area contributed by atoms with Crippen molar-refractivity contribution in [3.63, 3.8) is 0 Å². The summed E-state index contributed by atoms with van der Waals surface area (Å²) < 4.78 is 41.1. The van der Waals surface area contributed by atoms with E-state index in [0.717, 1.165) is 50.9 Å². The Morgan fingerprint density at radius 1 is 0.958 bits per heavy atom. The Morgan fingerprint density at radius 3 is 2.31 bits per heavy atom. The maximum absolute atomic E-state index is 14.0. The number of aryl methyl sites for hydroxylation is 2. The van der Waals surface area contributed by atoms with Gasteiger partial charge in [0.1, 0.15) is 12.4 Å². The van der Waals surface area contributed by atoms with E-state index in [1.807, 2.05) is 19.9 Å². The van der Waals surface area contributed by atoms with Crippen molar-refractivity contribution in [3.8, 4) is 11.8 Å². The fourth-order valence-corrected chi connectivity index (χ4v) is 10.4. The number of sulfonamides is 1. The van der Waals surface area contributed by atoms with Crippen LogP contribution in [0.25, 0.3) is 0 Å². The molecule has 0 bridgehead atoms. The topological polar surface area (TPSA) is 114 Å². The number of nitrogens with zero attached hydrogens (tertiary/aromatic N) is 5. The first-order valence-electron chi connectivity index (χ1n) is 17.6. The number of ether oxygens (including phenoxy) is 2. The number of benzene rings is 2. The van der Waals surface area contributed by atoms with Gasteiger partial charge in [-0.1, -0.05) is 36.8 Å². The minimum atomic E-state index is -3.74. The second kappa shape index (κ2) is 15.2. The fraction of sp³-hybridized carbons (Fsp3) is 0.568. The first-order valence-corrected chi connectivity index (χ1v) is 19.1. The molecule has 2 unspecified atom stereocenters. The van der Waals surface area contributed by atoms with Gasteiger partial charge in [-0.2, -0.15) is 4.31 Å². The van der Waals surface area contributed by atoms with Crippen molar-refractivity contribution in [1.29, 1.82) is 0 Å². The molecule has 11 heteroatoms. The average molecular weight is 677 g/mol. The Hall–Kier alpha value is -3.09. The summed E-state index contributed by atoms with van der Waals surface area (Å²) in [6, 6.07) is 16.7. The van der Waals surface area contributed by atoms with Crippen molar-refractivity contribution < 1.29 is 17.9 Å². The van der Waals surface area contributed by atoms with Crippen LogP contribution >= 0.6 is 0 Å². The van der Waals surface area contributed by atoms with Crippen molar-refractivity contribution in [2.24, 2.45) is 5.73 Å². The first kappa shape index (κ1) is 34.8. The summed E-state index contributed by atoms with van der Waals surface area (Å²) in [5.41, 5.74) is 10.2. The third-order valence-corrected chi connectivity index (χ3v) is 13.0. The van der Waals surface area contributed by atoms with E-state index in [1.165, 1.54) is 31.5 Å². The lowest BCUT2D eigenvalue weighted by Crippen LogP contribution is -2.55. The summed E-state index contributed by atoms with van der Waals surface area (Å²) in [5.74, 6) is 0.652. The number of nitrogens with two attached hydrogens (primary N) is 1. The molecule has 10 nitrogen and oxygen atoms in total. The molecule has 3 saturated heterocycles. The van der Waals surface area contributed by atoms with Gasteiger partial charge in [0.2, 0.25) is 10.0 Å². The van der Waals surface area contributed by atoms with Gasteiger partial charge < -0.3 is 15.2 Å². The predicted molar refractivity (Wildman–Crippen MR) is 188 cm³/mol. The van der Waals surface area contributed by atoms with E-state index < -0.39 is 10.0 Å². The second-order valence-corrected chi connectivity index (χ2v) is 15.5. The average Bonchev–Trinajstić information content (AvgIpc) is 3.66. The summed E-state index contributed by atoms with van der Waals surface area (Å²) in [7, 11) is -2.15. The van der Waals surface area contributed by atoms with E-state index in [4.69, 9.17) is 20.2 Å². The van der Waals surface area contributed by atoms with Crippen molar-refractivity contribution in [1.82, 2.24) is 24.1 Å². The highest BCUT2D eigenvalue weighted by Gasteiger charge is 2.43. The van der Waals surface area contributed by atoms with Crippen LogP contribution in [0.1, 0.15) is 67.3 Å². The molecule has 3 fully saturated rings. The highest BCUT2D eigenvalue weighted by molar-refractivity contribution is 7.89. The van der Waals surface area contributed by atoms with Crippen LogP contribution in [0.3, 0.4) is 0 Å². The van der Waals surface area contributed by atoms with Gasteiger partial charge in [-0.15, -0.1) is 0 Å². The Bertz CT molecular complexity index is 1600. The third-order valence-electron chi connectivity index (χ3n) is 10.8. The quantitative estimate of drug-likeness (QED) is 0.292. The number of hydrogen-bond donors (Lipinski definition) is 1. The van der Waals surface area contributed by atoms with Crippen LogP contribution in [-0.2, 0) is 22.0 Å². The Morgan fingerprint density at radius 2 is 1.65 bits per heavy atom. The zero-order chi connectivity index (χ0) is 33.7. The molecule has 3 aromatic rings. The van der Waals surface area contributed by atoms with Crippen LogP contribution < -0.4 is 15.2 Å². The van der Waals surface area contributed by atoms with E-state index in [0.29, 0.717) is 41.3 Å². The smallest absolute Gasteiger partial charge is 0.316 e. The lowest BCUT2D eigenvalue weighted by atomic mass is 9.79. The molecule has 48 heavy (non-hydrogen) atoms. The third kappa shape index (κ3) is 7.26. The van der Waals surface area contributed by atoms with Crippen LogP contribution in [-0.4, -0.2) is 97.6 Å². The highest BCUT2D eigenvalue weighted by atomic mass is 32.2. The van der Waals surface area contributed by atoms with Gasteiger partial charge in [-0.25, -0.2) is 18.4 Å². The molecule has 0 spiro atoms.